The van der Waals surface area contributed by atoms with Crippen molar-refractivity contribution in [2.24, 2.45) is 0 Å². The minimum atomic E-state index is -0.599. The van der Waals surface area contributed by atoms with Gasteiger partial charge in [-0.25, -0.2) is 18.7 Å². The standard InChI is InChI=1S/C15H17F2N3/c1-8(2)14-9(3)19-13(20-15(14)18)6-10-4-5-11(16)7-12(10)17/h4-5,7-8H,6H2,1-3H3,(H2,18,19,20). The molecule has 1 aromatic heterocycles. The molecule has 0 aliphatic carbocycles. The summed E-state index contributed by atoms with van der Waals surface area (Å²) in [6.45, 7) is 5.89. The number of halogens is 2. The third-order valence-corrected chi connectivity index (χ3v) is 3.15. The molecule has 0 amide bonds. The smallest absolute Gasteiger partial charge is 0.135 e. The zero-order valence-electron chi connectivity index (χ0n) is 11.7. The van der Waals surface area contributed by atoms with Crippen LogP contribution < -0.4 is 5.73 Å². The Bertz CT molecular complexity index is 616. The van der Waals surface area contributed by atoms with Crippen molar-refractivity contribution in [3.05, 3.63) is 52.5 Å². The minimum absolute atomic E-state index is 0.190. The van der Waals surface area contributed by atoms with Gasteiger partial charge in [0.2, 0.25) is 0 Å². The molecule has 1 heterocycles. The van der Waals surface area contributed by atoms with Gasteiger partial charge in [-0.3, -0.25) is 0 Å². The lowest BCUT2D eigenvalue weighted by molar-refractivity contribution is 0.573. The van der Waals surface area contributed by atoms with Gasteiger partial charge in [0.15, 0.2) is 0 Å². The number of hydrogen-bond acceptors (Lipinski definition) is 3. The maximum atomic E-state index is 13.6. The normalized spacial score (nSPS) is 11.1. The third kappa shape index (κ3) is 2.92. The molecule has 0 radical (unpaired) electrons. The van der Waals surface area contributed by atoms with E-state index in [9.17, 15) is 8.78 Å². The molecule has 2 aromatic rings. The van der Waals surface area contributed by atoms with Gasteiger partial charge >= 0.3 is 0 Å². The van der Waals surface area contributed by atoms with E-state index in [4.69, 9.17) is 5.73 Å². The Morgan fingerprint density at radius 1 is 1.20 bits per heavy atom. The van der Waals surface area contributed by atoms with Crippen LogP contribution in [-0.2, 0) is 6.42 Å². The number of anilines is 1. The summed E-state index contributed by atoms with van der Waals surface area (Å²) >= 11 is 0. The van der Waals surface area contributed by atoms with E-state index in [1.807, 2.05) is 20.8 Å². The van der Waals surface area contributed by atoms with Crippen LogP contribution in [0, 0.1) is 18.6 Å². The van der Waals surface area contributed by atoms with Crippen LogP contribution in [0.15, 0.2) is 18.2 Å². The van der Waals surface area contributed by atoms with E-state index in [-0.39, 0.29) is 12.3 Å². The van der Waals surface area contributed by atoms with Gasteiger partial charge in [-0.15, -0.1) is 0 Å². The Labute approximate surface area is 116 Å². The van der Waals surface area contributed by atoms with Crippen LogP contribution in [0.1, 0.15) is 42.4 Å². The van der Waals surface area contributed by atoms with E-state index in [0.29, 0.717) is 17.2 Å². The summed E-state index contributed by atoms with van der Waals surface area (Å²) < 4.78 is 26.5. The van der Waals surface area contributed by atoms with Gasteiger partial charge in [0.05, 0.1) is 0 Å². The number of nitrogens with zero attached hydrogens (tertiary/aromatic N) is 2. The second-order valence-electron chi connectivity index (χ2n) is 5.09. The number of aryl methyl sites for hydroxylation is 1. The molecular weight excluding hydrogens is 260 g/mol. The topological polar surface area (TPSA) is 51.8 Å². The highest BCUT2D eigenvalue weighted by Gasteiger charge is 2.14. The average molecular weight is 277 g/mol. The van der Waals surface area contributed by atoms with Crippen molar-refractivity contribution in [1.82, 2.24) is 9.97 Å². The van der Waals surface area contributed by atoms with E-state index in [1.54, 1.807) is 0 Å². The Kier molecular flexibility index (Phi) is 3.97. The number of benzene rings is 1. The largest absolute Gasteiger partial charge is 0.383 e. The predicted molar refractivity (Wildman–Crippen MR) is 74.4 cm³/mol. The monoisotopic (exact) mass is 277 g/mol. The van der Waals surface area contributed by atoms with E-state index in [1.165, 1.54) is 12.1 Å². The van der Waals surface area contributed by atoms with Crippen molar-refractivity contribution in [2.45, 2.75) is 33.1 Å². The average Bonchev–Trinajstić information content (AvgIpc) is 2.31. The molecule has 2 rings (SSSR count). The van der Waals surface area contributed by atoms with Crippen LogP contribution in [0.2, 0.25) is 0 Å². The van der Waals surface area contributed by atoms with Crippen molar-refractivity contribution >= 4 is 5.82 Å². The highest BCUT2D eigenvalue weighted by Crippen LogP contribution is 2.23. The van der Waals surface area contributed by atoms with Gasteiger partial charge in [0.1, 0.15) is 23.3 Å². The highest BCUT2D eigenvalue weighted by atomic mass is 19.1. The second-order valence-corrected chi connectivity index (χ2v) is 5.09. The van der Waals surface area contributed by atoms with Crippen molar-refractivity contribution in [2.75, 3.05) is 5.73 Å². The fraction of sp³-hybridized carbons (Fsp3) is 0.333. The fourth-order valence-electron chi connectivity index (χ4n) is 2.29. The first-order chi connectivity index (χ1) is 9.38. The van der Waals surface area contributed by atoms with Crippen molar-refractivity contribution in [3.8, 4) is 0 Å². The molecule has 3 nitrogen and oxygen atoms in total. The molecule has 5 heteroatoms. The number of nitrogen functional groups attached to an aromatic ring is 1. The first-order valence-corrected chi connectivity index (χ1v) is 6.45. The first-order valence-electron chi connectivity index (χ1n) is 6.45. The fourth-order valence-corrected chi connectivity index (χ4v) is 2.29. The molecule has 0 bridgehead atoms. The van der Waals surface area contributed by atoms with E-state index < -0.39 is 11.6 Å². The molecular formula is C15H17F2N3. The molecule has 0 unspecified atom stereocenters. The summed E-state index contributed by atoms with van der Waals surface area (Å²) in [4.78, 5) is 8.58. The number of hydrogen-bond donors (Lipinski definition) is 1. The molecule has 0 aliphatic heterocycles. The quantitative estimate of drug-likeness (QED) is 0.936. The molecule has 20 heavy (non-hydrogen) atoms. The maximum Gasteiger partial charge on any atom is 0.135 e. The summed E-state index contributed by atoms with van der Waals surface area (Å²) in [5.41, 5.74) is 7.99. The zero-order chi connectivity index (χ0) is 14.9. The van der Waals surface area contributed by atoms with Crippen LogP contribution in [0.5, 0.6) is 0 Å². The van der Waals surface area contributed by atoms with Crippen molar-refractivity contribution < 1.29 is 8.78 Å². The Hall–Kier alpha value is -2.04. The zero-order valence-corrected chi connectivity index (χ0v) is 11.7. The van der Waals surface area contributed by atoms with Crippen LogP contribution >= 0.6 is 0 Å². The van der Waals surface area contributed by atoms with E-state index in [0.717, 1.165) is 17.3 Å². The van der Waals surface area contributed by atoms with Crippen LogP contribution in [0.4, 0.5) is 14.6 Å². The molecule has 106 valence electrons. The molecule has 1 aromatic carbocycles. The Morgan fingerprint density at radius 3 is 2.45 bits per heavy atom. The number of nitrogens with two attached hydrogens (primary N) is 1. The summed E-state index contributed by atoms with van der Waals surface area (Å²) in [7, 11) is 0. The highest BCUT2D eigenvalue weighted by molar-refractivity contribution is 5.44. The van der Waals surface area contributed by atoms with E-state index >= 15 is 0 Å². The summed E-state index contributed by atoms with van der Waals surface area (Å²) in [6.07, 6.45) is 0.190. The first kappa shape index (κ1) is 14.4. The number of aromatic nitrogens is 2. The maximum absolute atomic E-state index is 13.6. The van der Waals surface area contributed by atoms with Gasteiger partial charge in [-0.05, 0) is 24.5 Å². The third-order valence-electron chi connectivity index (χ3n) is 3.15. The lowest BCUT2D eigenvalue weighted by Gasteiger charge is -2.13. The Balaban J connectivity index is 2.35. The molecule has 0 saturated carbocycles. The van der Waals surface area contributed by atoms with Gasteiger partial charge in [-0.1, -0.05) is 19.9 Å². The van der Waals surface area contributed by atoms with Gasteiger partial charge in [0, 0.05) is 23.7 Å². The van der Waals surface area contributed by atoms with Crippen LogP contribution in [0.25, 0.3) is 0 Å². The van der Waals surface area contributed by atoms with Crippen LogP contribution in [0.3, 0.4) is 0 Å². The number of rotatable bonds is 3. The lowest BCUT2D eigenvalue weighted by Crippen LogP contribution is -2.09. The van der Waals surface area contributed by atoms with Gasteiger partial charge in [0.25, 0.3) is 0 Å². The minimum Gasteiger partial charge on any atom is -0.383 e. The summed E-state index contributed by atoms with van der Waals surface area (Å²) in [5.74, 6) is -0.109. The van der Waals surface area contributed by atoms with E-state index in [2.05, 4.69) is 9.97 Å². The van der Waals surface area contributed by atoms with Crippen molar-refractivity contribution in [3.63, 3.8) is 0 Å². The lowest BCUT2D eigenvalue weighted by atomic mass is 10.0. The van der Waals surface area contributed by atoms with Crippen LogP contribution in [-0.4, -0.2) is 9.97 Å². The van der Waals surface area contributed by atoms with Gasteiger partial charge in [-0.2, -0.15) is 0 Å². The summed E-state index contributed by atoms with van der Waals surface area (Å²) in [6, 6.07) is 3.47. The molecule has 2 N–H and O–H groups in total. The molecule has 0 saturated heterocycles. The second kappa shape index (κ2) is 5.53. The molecule has 0 fully saturated rings. The molecule has 0 spiro atoms. The van der Waals surface area contributed by atoms with Crippen molar-refractivity contribution in [1.29, 1.82) is 0 Å². The SMILES string of the molecule is Cc1nc(Cc2ccc(F)cc2F)nc(N)c1C(C)C. The molecule has 0 aliphatic rings. The van der Waals surface area contributed by atoms with Gasteiger partial charge < -0.3 is 5.73 Å². The molecule has 0 atom stereocenters. The summed E-state index contributed by atoms with van der Waals surface area (Å²) in [5, 5.41) is 0. The Morgan fingerprint density at radius 2 is 1.90 bits per heavy atom. The predicted octanol–water partition coefficient (Wildman–Crippen LogP) is 3.36.